The number of anilines is 1. The second kappa shape index (κ2) is 8.93. The summed E-state index contributed by atoms with van der Waals surface area (Å²) in [5.74, 6) is -1.43. The number of aryl methyl sites for hydroxylation is 3. The zero-order valence-corrected chi connectivity index (χ0v) is 19.5. The van der Waals surface area contributed by atoms with E-state index >= 15 is 0 Å². The van der Waals surface area contributed by atoms with Gasteiger partial charge in [0, 0.05) is 10.9 Å². The standard InChI is InChI=1S/C25H25N5O4/c1-5-34-25(33)19-12-27-30(23(19)26)20(31)13-29-24(32)18-9-7-6-8-17(18)22(28-29)21-15(3)10-14(2)11-16(21)4/h6-12H,5,13,26H2,1-4H3. The van der Waals surface area contributed by atoms with Crippen molar-refractivity contribution in [2.45, 2.75) is 34.2 Å². The van der Waals surface area contributed by atoms with Crippen LogP contribution in [0.15, 0.2) is 47.4 Å². The van der Waals surface area contributed by atoms with E-state index in [-0.39, 0.29) is 18.0 Å². The lowest BCUT2D eigenvalue weighted by Gasteiger charge is -2.15. The number of fused-ring (bicyclic) bond motifs is 1. The quantitative estimate of drug-likeness (QED) is 0.454. The summed E-state index contributed by atoms with van der Waals surface area (Å²) in [6.45, 7) is 7.43. The largest absolute Gasteiger partial charge is 0.462 e. The molecule has 0 radical (unpaired) electrons. The molecule has 0 aliphatic carbocycles. The molecule has 2 N–H and O–H groups in total. The number of esters is 1. The highest BCUT2D eigenvalue weighted by molar-refractivity contribution is 5.97. The Morgan fingerprint density at radius 2 is 1.71 bits per heavy atom. The highest BCUT2D eigenvalue weighted by Gasteiger charge is 2.22. The predicted octanol–water partition coefficient (Wildman–Crippen LogP) is 3.28. The Labute approximate surface area is 195 Å². The second-order valence-corrected chi connectivity index (χ2v) is 8.10. The van der Waals surface area contributed by atoms with Crippen LogP contribution < -0.4 is 11.3 Å². The SMILES string of the molecule is CCOC(=O)c1cnn(C(=O)Cn2nc(-c3c(C)cc(C)cc3C)c3ccccc3c2=O)c1N. The molecular weight excluding hydrogens is 434 g/mol. The van der Waals surface area contributed by atoms with Crippen LogP contribution in [0.3, 0.4) is 0 Å². The molecule has 0 spiro atoms. The van der Waals surface area contributed by atoms with Crippen molar-refractivity contribution in [1.82, 2.24) is 19.6 Å². The van der Waals surface area contributed by atoms with Crippen LogP contribution >= 0.6 is 0 Å². The fourth-order valence-electron chi connectivity index (χ4n) is 4.20. The highest BCUT2D eigenvalue weighted by atomic mass is 16.5. The first kappa shape index (κ1) is 22.9. The molecule has 2 aromatic carbocycles. The number of nitrogens with two attached hydrogens (primary N) is 1. The van der Waals surface area contributed by atoms with Crippen molar-refractivity contribution < 1.29 is 14.3 Å². The van der Waals surface area contributed by atoms with E-state index in [4.69, 9.17) is 10.5 Å². The smallest absolute Gasteiger partial charge is 0.343 e. The molecule has 2 heterocycles. The van der Waals surface area contributed by atoms with Crippen LogP contribution in [-0.2, 0) is 11.3 Å². The van der Waals surface area contributed by atoms with E-state index in [1.165, 1.54) is 6.20 Å². The van der Waals surface area contributed by atoms with Crippen LogP contribution in [0.5, 0.6) is 0 Å². The van der Waals surface area contributed by atoms with E-state index < -0.39 is 24.0 Å². The Balaban J connectivity index is 1.83. The molecule has 0 saturated carbocycles. The fourth-order valence-corrected chi connectivity index (χ4v) is 4.20. The zero-order chi connectivity index (χ0) is 24.6. The highest BCUT2D eigenvalue weighted by Crippen LogP contribution is 2.31. The van der Waals surface area contributed by atoms with Gasteiger partial charge in [-0.05, 0) is 44.9 Å². The molecule has 0 amide bonds. The Morgan fingerprint density at radius 1 is 1.06 bits per heavy atom. The van der Waals surface area contributed by atoms with Gasteiger partial charge in [0.1, 0.15) is 17.9 Å². The number of aromatic nitrogens is 4. The third-order valence-corrected chi connectivity index (χ3v) is 5.60. The minimum absolute atomic E-state index is 0.0133. The number of nitrogens with zero attached hydrogens (tertiary/aromatic N) is 4. The molecule has 0 atom stereocenters. The first-order valence-electron chi connectivity index (χ1n) is 10.8. The molecule has 4 aromatic rings. The molecule has 34 heavy (non-hydrogen) atoms. The summed E-state index contributed by atoms with van der Waals surface area (Å²) in [7, 11) is 0. The van der Waals surface area contributed by atoms with Crippen molar-refractivity contribution in [1.29, 1.82) is 0 Å². The maximum Gasteiger partial charge on any atom is 0.343 e. The number of carbonyl (C=O) groups is 2. The minimum atomic E-state index is -0.673. The Bertz CT molecular complexity index is 1480. The lowest BCUT2D eigenvalue weighted by Crippen LogP contribution is -2.30. The molecular formula is C25H25N5O4. The number of hydrogen-bond donors (Lipinski definition) is 1. The monoisotopic (exact) mass is 459 g/mol. The van der Waals surface area contributed by atoms with Crippen LogP contribution in [0.2, 0.25) is 0 Å². The van der Waals surface area contributed by atoms with Crippen LogP contribution in [0.1, 0.15) is 38.8 Å². The van der Waals surface area contributed by atoms with Crippen molar-refractivity contribution >= 4 is 28.5 Å². The molecule has 9 heteroatoms. The number of ether oxygens (including phenoxy) is 1. The van der Waals surface area contributed by atoms with E-state index in [9.17, 15) is 14.4 Å². The first-order chi connectivity index (χ1) is 16.2. The normalized spacial score (nSPS) is 11.1. The number of rotatable bonds is 5. The molecule has 0 bridgehead atoms. The second-order valence-electron chi connectivity index (χ2n) is 8.10. The summed E-state index contributed by atoms with van der Waals surface area (Å²) >= 11 is 0. The summed E-state index contributed by atoms with van der Waals surface area (Å²) in [5, 5.41) is 9.67. The average Bonchev–Trinajstić information content (AvgIpc) is 3.17. The van der Waals surface area contributed by atoms with Crippen molar-refractivity contribution in [2.75, 3.05) is 12.3 Å². The average molecular weight is 460 g/mol. The number of benzene rings is 2. The molecule has 0 aliphatic heterocycles. The number of nitrogen functional groups attached to an aromatic ring is 1. The molecule has 0 fully saturated rings. The lowest BCUT2D eigenvalue weighted by molar-refractivity contribution is 0.0527. The molecule has 0 unspecified atom stereocenters. The van der Waals surface area contributed by atoms with Gasteiger partial charge in [0.15, 0.2) is 0 Å². The maximum atomic E-state index is 13.2. The predicted molar refractivity (Wildman–Crippen MR) is 129 cm³/mol. The third-order valence-electron chi connectivity index (χ3n) is 5.60. The van der Waals surface area contributed by atoms with Gasteiger partial charge in [-0.1, -0.05) is 35.9 Å². The molecule has 4 rings (SSSR count). The van der Waals surface area contributed by atoms with E-state index in [2.05, 4.69) is 22.3 Å². The van der Waals surface area contributed by atoms with Crippen molar-refractivity contribution in [3.8, 4) is 11.3 Å². The van der Waals surface area contributed by atoms with E-state index in [1.54, 1.807) is 19.1 Å². The summed E-state index contributed by atoms with van der Waals surface area (Å²) < 4.78 is 6.93. The van der Waals surface area contributed by atoms with E-state index in [0.717, 1.165) is 31.6 Å². The molecule has 0 aliphatic rings. The van der Waals surface area contributed by atoms with Gasteiger partial charge in [-0.15, -0.1) is 0 Å². The van der Waals surface area contributed by atoms with Crippen LogP contribution in [0.4, 0.5) is 5.82 Å². The molecule has 0 saturated heterocycles. The van der Waals surface area contributed by atoms with Gasteiger partial charge in [0.25, 0.3) is 11.5 Å². The van der Waals surface area contributed by atoms with Crippen molar-refractivity contribution in [3.05, 3.63) is 75.2 Å². The summed E-state index contributed by atoms with van der Waals surface area (Å²) in [6.07, 6.45) is 1.17. The van der Waals surface area contributed by atoms with Crippen LogP contribution in [-0.4, -0.2) is 38.0 Å². The van der Waals surface area contributed by atoms with Gasteiger partial charge >= 0.3 is 5.97 Å². The van der Waals surface area contributed by atoms with Gasteiger partial charge in [-0.25, -0.2) is 9.48 Å². The van der Waals surface area contributed by atoms with Crippen LogP contribution in [0, 0.1) is 20.8 Å². The zero-order valence-electron chi connectivity index (χ0n) is 19.5. The van der Waals surface area contributed by atoms with Crippen LogP contribution in [0.25, 0.3) is 22.0 Å². The van der Waals surface area contributed by atoms with Gasteiger partial charge in [0.05, 0.1) is 23.9 Å². The third kappa shape index (κ3) is 3.96. The Morgan fingerprint density at radius 3 is 2.35 bits per heavy atom. The molecule has 174 valence electrons. The van der Waals surface area contributed by atoms with Gasteiger partial charge < -0.3 is 10.5 Å². The minimum Gasteiger partial charge on any atom is -0.462 e. The van der Waals surface area contributed by atoms with E-state index in [0.29, 0.717) is 16.5 Å². The van der Waals surface area contributed by atoms with Gasteiger partial charge in [-0.2, -0.15) is 14.9 Å². The summed E-state index contributed by atoms with van der Waals surface area (Å²) in [6, 6.07) is 11.3. The van der Waals surface area contributed by atoms with Gasteiger partial charge in [-0.3, -0.25) is 9.59 Å². The topological polar surface area (TPSA) is 122 Å². The summed E-state index contributed by atoms with van der Waals surface area (Å²) in [5.41, 5.74) is 10.2. The Kier molecular flexibility index (Phi) is 6.02. The maximum absolute atomic E-state index is 13.2. The van der Waals surface area contributed by atoms with Gasteiger partial charge in [0.2, 0.25) is 0 Å². The van der Waals surface area contributed by atoms with Crippen molar-refractivity contribution in [3.63, 3.8) is 0 Å². The molecule has 2 aromatic heterocycles. The summed E-state index contributed by atoms with van der Waals surface area (Å²) in [4.78, 5) is 38.2. The first-order valence-corrected chi connectivity index (χ1v) is 10.8. The van der Waals surface area contributed by atoms with Crippen molar-refractivity contribution in [2.24, 2.45) is 0 Å². The Hall–Kier alpha value is -4.27. The fraction of sp³-hybridized carbons (Fsp3) is 0.240. The number of carbonyl (C=O) groups excluding carboxylic acids is 2. The number of hydrogen-bond acceptors (Lipinski definition) is 7. The lowest BCUT2D eigenvalue weighted by atomic mass is 9.94. The van der Waals surface area contributed by atoms with E-state index in [1.807, 2.05) is 32.9 Å². The molecule has 9 nitrogen and oxygen atoms in total.